The summed E-state index contributed by atoms with van der Waals surface area (Å²) in [6.45, 7) is 3.35. The molecule has 0 radical (unpaired) electrons. The maximum Gasteiger partial charge on any atom is 0.227 e. The summed E-state index contributed by atoms with van der Waals surface area (Å²) in [5.74, 6) is 0.196. The highest BCUT2D eigenvalue weighted by Gasteiger charge is 2.21. The Bertz CT molecular complexity index is 606. The van der Waals surface area contributed by atoms with Crippen molar-refractivity contribution in [2.75, 3.05) is 31.1 Å². The van der Waals surface area contributed by atoms with Crippen molar-refractivity contribution in [1.82, 2.24) is 4.90 Å². The summed E-state index contributed by atoms with van der Waals surface area (Å²) in [4.78, 5) is 17.6. The van der Waals surface area contributed by atoms with Crippen LogP contribution in [0.5, 0.6) is 0 Å². The Labute approximate surface area is 133 Å². The molecule has 0 unspecified atom stereocenters. The number of hydrogen-bond donors (Lipinski definition) is 0. The lowest BCUT2D eigenvalue weighted by atomic mass is 10.2. The third-order valence-electron chi connectivity index (χ3n) is 3.71. The lowest BCUT2D eigenvalue weighted by Gasteiger charge is -2.36. The van der Waals surface area contributed by atoms with E-state index in [-0.39, 0.29) is 5.91 Å². The Morgan fingerprint density at radius 3 is 2.38 bits per heavy atom. The van der Waals surface area contributed by atoms with Gasteiger partial charge in [-0.15, -0.1) is 11.3 Å². The second-order valence-corrected chi connectivity index (χ2v) is 6.89. The molecule has 2 heterocycles. The Balaban J connectivity index is 1.54. The number of thiophene rings is 1. The topological polar surface area (TPSA) is 23.6 Å². The smallest absolute Gasteiger partial charge is 0.227 e. The minimum absolute atomic E-state index is 0.196. The van der Waals surface area contributed by atoms with Crippen LogP contribution in [-0.4, -0.2) is 37.0 Å². The van der Waals surface area contributed by atoms with Gasteiger partial charge in [-0.3, -0.25) is 4.79 Å². The zero-order valence-corrected chi connectivity index (χ0v) is 13.2. The second-order valence-electron chi connectivity index (χ2n) is 5.09. The zero-order valence-electron chi connectivity index (χ0n) is 11.7. The van der Waals surface area contributed by atoms with E-state index in [1.165, 1.54) is 17.0 Å². The van der Waals surface area contributed by atoms with Gasteiger partial charge in [0.05, 0.1) is 10.8 Å². The molecular formula is C16H17ClN2OS. The SMILES string of the molecule is O=C(Cc1ccc(Cl)s1)N1CCN(c2ccccc2)CC1. The van der Waals surface area contributed by atoms with Crippen molar-refractivity contribution in [2.45, 2.75) is 6.42 Å². The highest BCUT2D eigenvalue weighted by molar-refractivity contribution is 7.16. The number of anilines is 1. The van der Waals surface area contributed by atoms with Crippen molar-refractivity contribution < 1.29 is 4.79 Å². The highest BCUT2D eigenvalue weighted by atomic mass is 35.5. The number of para-hydroxylation sites is 1. The predicted molar refractivity (Wildman–Crippen MR) is 88.3 cm³/mol. The van der Waals surface area contributed by atoms with Crippen LogP contribution in [0.2, 0.25) is 4.34 Å². The van der Waals surface area contributed by atoms with Gasteiger partial charge in [-0.25, -0.2) is 0 Å². The predicted octanol–water partition coefficient (Wildman–Crippen LogP) is 3.29. The van der Waals surface area contributed by atoms with Crippen molar-refractivity contribution in [3.8, 4) is 0 Å². The molecular weight excluding hydrogens is 304 g/mol. The van der Waals surface area contributed by atoms with Gasteiger partial charge in [0, 0.05) is 36.7 Å². The van der Waals surface area contributed by atoms with Crippen LogP contribution in [-0.2, 0) is 11.2 Å². The number of halogens is 1. The van der Waals surface area contributed by atoms with Crippen molar-refractivity contribution >= 4 is 34.5 Å². The van der Waals surface area contributed by atoms with Crippen molar-refractivity contribution in [3.05, 3.63) is 51.7 Å². The van der Waals surface area contributed by atoms with Gasteiger partial charge < -0.3 is 9.80 Å². The molecule has 1 aromatic heterocycles. The van der Waals surface area contributed by atoms with E-state index in [1.807, 2.05) is 35.2 Å². The molecule has 3 nitrogen and oxygen atoms in total. The van der Waals surface area contributed by atoms with Crippen LogP contribution in [0.1, 0.15) is 4.88 Å². The zero-order chi connectivity index (χ0) is 14.7. The van der Waals surface area contributed by atoms with Crippen molar-refractivity contribution in [2.24, 2.45) is 0 Å². The van der Waals surface area contributed by atoms with Crippen LogP contribution >= 0.6 is 22.9 Å². The number of amides is 1. The fourth-order valence-electron chi connectivity index (χ4n) is 2.56. The van der Waals surface area contributed by atoms with Crippen LogP contribution in [0, 0.1) is 0 Å². The van der Waals surface area contributed by atoms with E-state index in [2.05, 4.69) is 17.0 Å². The first-order chi connectivity index (χ1) is 10.2. The van der Waals surface area contributed by atoms with Gasteiger partial charge in [0.2, 0.25) is 5.91 Å². The third-order valence-corrected chi connectivity index (χ3v) is 4.94. The van der Waals surface area contributed by atoms with E-state index in [9.17, 15) is 4.79 Å². The summed E-state index contributed by atoms with van der Waals surface area (Å²) in [6.07, 6.45) is 0.461. The minimum Gasteiger partial charge on any atom is -0.368 e. The first-order valence-corrected chi connectivity index (χ1v) is 8.24. The van der Waals surface area contributed by atoms with Crippen molar-refractivity contribution in [1.29, 1.82) is 0 Å². The van der Waals surface area contributed by atoms with Crippen LogP contribution in [0.15, 0.2) is 42.5 Å². The van der Waals surface area contributed by atoms with E-state index in [0.29, 0.717) is 6.42 Å². The third kappa shape index (κ3) is 3.57. The quantitative estimate of drug-likeness (QED) is 0.866. The monoisotopic (exact) mass is 320 g/mol. The molecule has 1 aromatic carbocycles. The van der Waals surface area contributed by atoms with Crippen LogP contribution < -0.4 is 4.90 Å². The largest absolute Gasteiger partial charge is 0.368 e. The molecule has 3 rings (SSSR count). The molecule has 110 valence electrons. The molecule has 1 aliphatic heterocycles. The molecule has 5 heteroatoms. The summed E-state index contributed by atoms with van der Waals surface area (Å²) in [6, 6.07) is 14.1. The molecule has 0 saturated carbocycles. The Morgan fingerprint density at radius 1 is 1.05 bits per heavy atom. The number of benzene rings is 1. The maximum atomic E-state index is 12.3. The molecule has 0 aliphatic carbocycles. The van der Waals surface area contributed by atoms with E-state index in [1.54, 1.807) is 0 Å². The van der Waals surface area contributed by atoms with Gasteiger partial charge >= 0.3 is 0 Å². The van der Waals surface area contributed by atoms with E-state index in [0.717, 1.165) is 35.4 Å². The summed E-state index contributed by atoms with van der Waals surface area (Å²) in [5.41, 5.74) is 1.23. The molecule has 1 aliphatic rings. The van der Waals surface area contributed by atoms with Crippen LogP contribution in [0.4, 0.5) is 5.69 Å². The van der Waals surface area contributed by atoms with Gasteiger partial charge in [0.1, 0.15) is 0 Å². The molecule has 1 saturated heterocycles. The summed E-state index contributed by atoms with van der Waals surface area (Å²) < 4.78 is 0.742. The van der Waals surface area contributed by atoms with E-state index >= 15 is 0 Å². The molecule has 1 fully saturated rings. The van der Waals surface area contributed by atoms with Crippen molar-refractivity contribution in [3.63, 3.8) is 0 Å². The van der Waals surface area contributed by atoms with Crippen LogP contribution in [0.3, 0.4) is 0 Å². The lowest BCUT2D eigenvalue weighted by molar-refractivity contribution is -0.130. The van der Waals surface area contributed by atoms with Gasteiger partial charge in [0.25, 0.3) is 0 Å². The highest BCUT2D eigenvalue weighted by Crippen LogP contribution is 2.22. The fraction of sp³-hybridized carbons (Fsp3) is 0.312. The number of rotatable bonds is 3. The van der Waals surface area contributed by atoms with Gasteiger partial charge in [-0.2, -0.15) is 0 Å². The molecule has 0 atom stereocenters. The van der Waals surface area contributed by atoms with Crippen LogP contribution in [0.25, 0.3) is 0 Å². The standard InChI is InChI=1S/C16H17ClN2OS/c17-15-7-6-14(21-15)12-16(20)19-10-8-18(9-11-19)13-4-2-1-3-5-13/h1-7H,8-12H2. The molecule has 2 aromatic rings. The second kappa shape index (κ2) is 6.50. The number of carbonyl (C=O) groups is 1. The van der Waals surface area contributed by atoms with E-state index < -0.39 is 0 Å². The molecule has 0 N–H and O–H groups in total. The fourth-order valence-corrected chi connectivity index (χ4v) is 3.64. The van der Waals surface area contributed by atoms with Gasteiger partial charge in [0.15, 0.2) is 0 Å². The van der Waals surface area contributed by atoms with Gasteiger partial charge in [-0.05, 0) is 24.3 Å². The first kappa shape index (κ1) is 14.4. The molecule has 0 bridgehead atoms. The average molecular weight is 321 g/mol. The first-order valence-electron chi connectivity index (χ1n) is 7.04. The molecule has 21 heavy (non-hydrogen) atoms. The number of carbonyl (C=O) groups excluding carboxylic acids is 1. The lowest BCUT2D eigenvalue weighted by Crippen LogP contribution is -2.49. The number of nitrogens with zero attached hydrogens (tertiary/aromatic N) is 2. The maximum absolute atomic E-state index is 12.3. The van der Waals surface area contributed by atoms with E-state index in [4.69, 9.17) is 11.6 Å². The Kier molecular flexibility index (Phi) is 4.46. The minimum atomic E-state index is 0.196. The molecule has 1 amide bonds. The molecule has 0 spiro atoms. The summed E-state index contributed by atoms with van der Waals surface area (Å²) in [5, 5.41) is 0. The van der Waals surface area contributed by atoms with Gasteiger partial charge in [-0.1, -0.05) is 29.8 Å². The normalized spacial score (nSPS) is 15.3. The Morgan fingerprint density at radius 2 is 1.76 bits per heavy atom. The summed E-state index contributed by atoms with van der Waals surface area (Å²) in [7, 11) is 0. The number of hydrogen-bond acceptors (Lipinski definition) is 3. The summed E-state index contributed by atoms with van der Waals surface area (Å²) >= 11 is 7.39. The number of piperazine rings is 1. The average Bonchev–Trinajstić information content (AvgIpc) is 2.93. The Hall–Kier alpha value is -1.52.